The number of nitrogens with one attached hydrogen (secondary N) is 1. The summed E-state index contributed by atoms with van der Waals surface area (Å²) in [6.07, 6.45) is 6.47. The standard InChI is InChI=1S/C18H24F2N2O.ClH/c19-13-6-5-7-14(20)15(13)17(8-1-2-9-17)12-22-16(23)18(21)10-3-4-11-18;/h5-7H,1-4,8-12,21H2,(H,22,23);1H. The highest BCUT2D eigenvalue weighted by Gasteiger charge is 2.42. The minimum Gasteiger partial charge on any atom is -0.354 e. The Morgan fingerprint density at radius 3 is 2.08 bits per heavy atom. The molecule has 1 amide bonds. The van der Waals surface area contributed by atoms with Gasteiger partial charge in [0.25, 0.3) is 0 Å². The first-order chi connectivity index (χ1) is 11.0. The van der Waals surface area contributed by atoms with Crippen LogP contribution >= 0.6 is 12.4 Å². The molecular weight excluding hydrogens is 334 g/mol. The molecular formula is C18H25ClF2N2O. The molecule has 0 spiro atoms. The molecule has 134 valence electrons. The van der Waals surface area contributed by atoms with Crippen LogP contribution in [0.25, 0.3) is 0 Å². The van der Waals surface area contributed by atoms with Crippen molar-refractivity contribution in [2.45, 2.75) is 62.3 Å². The number of nitrogens with two attached hydrogens (primary N) is 1. The molecule has 3 rings (SSSR count). The lowest BCUT2D eigenvalue weighted by atomic mass is 9.78. The molecule has 0 radical (unpaired) electrons. The fourth-order valence-electron chi connectivity index (χ4n) is 4.23. The van der Waals surface area contributed by atoms with Gasteiger partial charge in [-0.05, 0) is 37.8 Å². The summed E-state index contributed by atoms with van der Waals surface area (Å²) in [5.74, 6) is -1.23. The van der Waals surface area contributed by atoms with Crippen LogP contribution in [0.4, 0.5) is 8.78 Å². The number of carbonyl (C=O) groups is 1. The molecule has 24 heavy (non-hydrogen) atoms. The topological polar surface area (TPSA) is 55.1 Å². The van der Waals surface area contributed by atoms with Crippen molar-refractivity contribution in [2.75, 3.05) is 6.54 Å². The van der Waals surface area contributed by atoms with Crippen molar-refractivity contribution < 1.29 is 13.6 Å². The quantitative estimate of drug-likeness (QED) is 0.864. The van der Waals surface area contributed by atoms with E-state index in [1.165, 1.54) is 18.2 Å². The molecule has 2 aliphatic carbocycles. The van der Waals surface area contributed by atoms with E-state index in [0.717, 1.165) is 25.7 Å². The number of benzene rings is 1. The third kappa shape index (κ3) is 3.42. The van der Waals surface area contributed by atoms with Crippen LogP contribution in [0, 0.1) is 11.6 Å². The minimum absolute atomic E-state index is 0. The summed E-state index contributed by atoms with van der Waals surface area (Å²) in [5, 5.41) is 2.90. The van der Waals surface area contributed by atoms with Crippen LogP contribution in [0.5, 0.6) is 0 Å². The summed E-state index contributed by atoms with van der Waals surface area (Å²) in [6, 6.07) is 3.96. The Kier molecular flexibility index (Phi) is 5.87. The van der Waals surface area contributed by atoms with Gasteiger partial charge in [-0.1, -0.05) is 31.7 Å². The van der Waals surface area contributed by atoms with E-state index in [-0.39, 0.29) is 30.4 Å². The van der Waals surface area contributed by atoms with Gasteiger partial charge in [-0.25, -0.2) is 8.78 Å². The van der Waals surface area contributed by atoms with Gasteiger partial charge in [-0.15, -0.1) is 12.4 Å². The smallest absolute Gasteiger partial charge is 0.240 e. The van der Waals surface area contributed by atoms with E-state index in [1.54, 1.807) is 0 Å². The summed E-state index contributed by atoms with van der Waals surface area (Å²) in [7, 11) is 0. The maximum absolute atomic E-state index is 14.3. The molecule has 2 aliphatic rings. The molecule has 0 heterocycles. The Bertz CT molecular complexity index is 576. The van der Waals surface area contributed by atoms with Crippen LogP contribution in [0.2, 0.25) is 0 Å². The fourth-order valence-corrected chi connectivity index (χ4v) is 4.23. The SMILES string of the molecule is Cl.NC1(C(=O)NCC2(c3c(F)cccc3F)CCCC2)CCCC1. The number of rotatable bonds is 4. The van der Waals surface area contributed by atoms with Gasteiger partial charge in [0, 0.05) is 17.5 Å². The molecule has 1 aromatic carbocycles. The van der Waals surface area contributed by atoms with E-state index in [2.05, 4.69) is 5.32 Å². The summed E-state index contributed by atoms with van der Waals surface area (Å²) in [4.78, 5) is 12.4. The normalized spacial score (nSPS) is 21.3. The van der Waals surface area contributed by atoms with Crippen LogP contribution in [-0.4, -0.2) is 18.0 Å². The second kappa shape index (κ2) is 7.36. The number of halogens is 3. The van der Waals surface area contributed by atoms with Crippen molar-refractivity contribution in [3.63, 3.8) is 0 Å². The van der Waals surface area contributed by atoms with Gasteiger partial charge in [-0.3, -0.25) is 4.79 Å². The predicted octanol–water partition coefficient (Wildman–Crippen LogP) is 3.59. The lowest BCUT2D eigenvalue weighted by molar-refractivity contribution is -0.126. The van der Waals surface area contributed by atoms with E-state index in [1.807, 2.05) is 0 Å². The summed E-state index contributed by atoms with van der Waals surface area (Å²) >= 11 is 0. The Morgan fingerprint density at radius 2 is 1.54 bits per heavy atom. The minimum atomic E-state index is -0.812. The Balaban J connectivity index is 0.00000208. The Labute approximate surface area is 147 Å². The largest absolute Gasteiger partial charge is 0.354 e. The molecule has 0 atom stereocenters. The third-order valence-corrected chi connectivity index (χ3v) is 5.59. The van der Waals surface area contributed by atoms with Crippen LogP contribution in [0.1, 0.15) is 56.9 Å². The zero-order valence-electron chi connectivity index (χ0n) is 13.7. The molecule has 0 unspecified atom stereocenters. The average Bonchev–Trinajstić information content (AvgIpc) is 3.15. The number of hydrogen-bond donors (Lipinski definition) is 2. The first-order valence-corrected chi connectivity index (χ1v) is 8.49. The van der Waals surface area contributed by atoms with Gasteiger partial charge < -0.3 is 11.1 Å². The van der Waals surface area contributed by atoms with E-state index < -0.39 is 22.6 Å². The third-order valence-electron chi connectivity index (χ3n) is 5.59. The maximum Gasteiger partial charge on any atom is 0.240 e. The number of amides is 1. The van der Waals surface area contributed by atoms with E-state index in [4.69, 9.17) is 5.73 Å². The van der Waals surface area contributed by atoms with Gasteiger partial charge in [-0.2, -0.15) is 0 Å². The second-order valence-corrected chi connectivity index (χ2v) is 7.13. The monoisotopic (exact) mass is 358 g/mol. The Morgan fingerprint density at radius 1 is 1.04 bits per heavy atom. The van der Waals surface area contributed by atoms with E-state index >= 15 is 0 Å². The highest BCUT2D eigenvalue weighted by molar-refractivity contribution is 5.86. The summed E-state index contributed by atoms with van der Waals surface area (Å²) in [6.45, 7) is 0.253. The number of hydrogen-bond acceptors (Lipinski definition) is 2. The molecule has 0 saturated heterocycles. The zero-order valence-corrected chi connectivity index (χ0v) is 14.6. The van der Waals surface area contributed by atoms with Crippen molar-refractivity contribution in [1.82, 2.24) is 5.32 Å². The van der Waals surface area contributed by atoms with Crippen molar-refractivity contribution >= 4 is 18.3 Å². The van der Waals surface area contributed by atoms with Gasteiger partial charge in [0.05, 0.1) is 5.54 Å². The Hall–Kier alpha value is -1.20. The van der Waals surface area contributed by atoms with Crippen LogP contribution in [0.15, 0.2) is 18.2 Å². The van der Waals surface area contributed by atoms with Gasteiger partial charge in [0.15, 0.2) is 0 Å². The van der Waals surface area contributed by atoms with Crippen LogP contribution in [0.3, 0.4) is 0 Å². The molecule has 3 N–H and O–H groups in total. The molecule has 6 heteroatoms. The molecule has 3 nitrogen and oxygen atoms in total. The fraction of sp³-hybridized carbons (Fsp3) is 0.611. The second-order valence-electron chi connectivity index (χ2n) is 7.13. The molecule has 0 aliphatic heterocycles. The highest BCUT2D eigenvalue weighted by Crippen LogP contribution is 2.43. The lowest BCUT2D eigenvalue weighted by Crippen LogP contribution is -2.54. The summed E-state index contributed by atoms with van der Waals surface area (Å²) < 4.78 is 28.5. The molecule has 2 saturated carbocycles. The van der Waals surface area contributed by atoms with Crippen molar-refractivity contribution in [3.05, 3.63) is 35.4 Å². The molecule has 2 fully saturated rings. The van der Waals surface area contributed by atoms with Crippen molar-refractivity contribution in [3.8, 4) is 0 Å². The zero-order chi connectivity index (χ0) is 16.5. The van der Waals surface area contributed by atoms with Gasteiger partial charge in [0.2, 0.25) is 5.91 Å². The summed E-state index contributed by atoms with van der Waals surface area (Å²) in [5.41, 5.74) is 4.82. The first-order valence-electron chi connectivity index (χ1n) is 8.49. The molecule has 0 bridgehead atoms. The van der Waals surface area contributed by atoms with Gasteiger partial charge >= 0.3 is 0 Å². The van der Waals surface area contributed by atoms with Crippen LogP contribution < -0.4 is 11.1 Å². The molecule has 0 aromatic heterocycles. The lowest BCUT2D eigenvalue weighted by Gasteiger charge is -2.32. The van der Waals surface area contributed by atoms with E-state index in [0.29, 0.717) is 25.7 Å². The average molecular weight is 359 g/mol. The van der Waals surface area contributed by atoms with Crippen molar-refractivity contribution in [1.29, 1.82) is 0 Å². The number of carbonyl (C=O) groups excluding carboxylic acids is 1. The van der Waals surface area contributed by atoms with Crippen LogP contribution in [-0.2, 0) is 10.2 Å². The van der Waals surface area contributed by atoms with Gasteiger partial charge in [0.1, 0.15) is 11.6 Å². The predicted molar refractivity (Wildman–Crippen MR) is 92.1 cm³/mol. The molecule has 1 aromatic rings. The van der Waals surface area contributed by atoms with Crippen molar-refractivity contribution in [2.24, 2.45) is 5.73 Å². The first kappa shape index (κ1) is 19.1. The highest BCUT2D eigenvalue weighted by atomic mass is 35.5. The van der Waals surface area contributed by atoms with E-state index in [9.17, 15) is 13.6 Å². The maximum atomic E-state index is 14.3.